The summed E-state index contributed by atoms with van der Waals surface area (Å²) in [4.78, 5) is 28.9. The highest BCUT2D eigenvalue weighted by Crippen LogP contribution is 2.69. The van der Waals surface area contributed by atoms with E-state index in [4.69, 9.17) is 0 Å². The van der Waals surface area contributed by atoms with Crippen LogP contribution < -0.4 is 0 Å². The second-order valence-corrected chi connectivity index (χ2v) is 8.93. The van der Waals surface area contributed by atoms with Crippen molar-refractivity contribution in [2.45, 2.75) is 32.2 Å². The zero-order valence-electron chi connectivity index (χ0n) is 15.7. The van der Waals surface area contributed by atoms with Crippen molar-refractivity contribution in [2.24, 2.45) is 29.6 Å². The number of amides is 1. The Hall–Kier alpha value is -1.88. The fraction of sp³-hybridized carbons (Fsp3) is 0.636. The van der Waals surface area contributed by atoms with Crippen LogP contribution in [0.5, 0.6) is 0 Å². The lowest BCUT2D eigenvalue weighted by Gasteiger charge is -2.23. The number of carboxylic acid groups (broad SMARTS) is 1. The molecule has 5 nitrogen and oxygen atoms in total. The normalized spacial score (nSPS) is 35.0. The number of carbonyl (C=O) groups excluding carboxylic acids is 1. The minimum Gasteiger partial charge on any atom is -0.478 e. The van der Waals surface area contributed by atoms with Crippen molar-refractivity contribution in [3.05, 3.63) is 35.4 Å². The van der Waals surface area contributed by atoms with Crippen molar-refractivity contribution >= 4 is 11.9 Å². The Bertz CT molecular complexity index is 748. The van der Waals surface area contributed by atoms with Crippen molar-refractivity contribution < 1.29 is 14.7 Å². The van der Waals surface area contributed by atoms with E-state index >= 15 is 0 Å². The zero-order chi connectivity index (χ0) is 18.5. The first-order valence-corrected chi connectivity index (χ1v) is 10.5. The third-order valence-electron chi connectivity index (χ3n) is 7.56. The van der Waals surface area contributed by atoms with Gasteiger partial charge in [-0.2, -0.15) is 0 Å². The summed E-state index contributed by atoms with van der Waals surface area (Å²) < 4.78 is 0. The van der Waals surface area contributed by atoms with E-state index in [-0.39, 0.29) is 0 Å². The summed E-state index contributed by atoms with van der Waals surface area (Å²) >= 11 is 0. The van der Waals surface area contributed by atoms with Crippen LogP contribution in [0.4, 0.5) is 0 Å². The molecule has 0 spiro atoms. The van der Waals surface area contributed by atoms with Gasteiger partial charge in [-0.15, -0.1) is 0 Å². The van der Waals surface area contributed by atoms with Crippen molar-refractivity contribution in [1.29, 1.82) is 0 Å². The third-order valence-corrected chi connectivity index (χ3v) is 7.56. The summed E-state index contributed by atoms with van der Waals surface area (Å²) in [5.74, 6) is 2.96. The first kappa shape index (κ1) is 17.2. The van der Waals surface area contributed by atoms with Gasteiger partial charge in [-0.05, 0) is 61.0 Å². The molecular weight excluding hydrogens is 340 g/mol. The van der Waals surface area contributed by atoms with Gasteiger partial charge in [-0.1, -0.05) is 18.2 Å². The lowest BCUT2D eigenvalue weighted by atomic mass is 10.0. The van der Waals surface area contributed by atoms with Crippen LogP contribution in [0.2, 0.25) is 0 Å². The lowest BCUT2D eigenvalue weighted by Crippen LogP contribution is -2.37. The summed E-state index contributed by atoms with van der Waals surface area (Å²) in [6, 6.07) is 7.24. The first-order valence-electron chi connectivity index (χ1n) is 10.5. The Morgan fingerprint density at radius 1 is 1.00 bits per heavy atom. The highest BCUT2D eigenvalue weighted by Gasteiger charge is 2.67. The van der Waals surface area contributed by atoms with Crippen molar-refractivity contribution in [1.82, 2.24) is 9.80 Å². The van der Waals surface area contributed by atoms with E-state index in [1.807, 2.05) is 12.1 Å². The fourth-order valence-corrected chi connectivity index (χ4v) is 6.32. The molecule has 144 valence electrons. The van der Waals surface area contributed by atoms with Crippen LogP contribution in [0.1, 0.15) is 41.6 Å². The van der Waals surface area contributed by atoms with Crippen molar-refractivity contribution in [3.63, 3.8) is 0 Å². The van der Waals surface area contributed by atoms with E-state index in [1.54, 1.807) is 12.1 Å². The molecule has 27 heavy (non-hydrogen) atoms. The van der Waals surface area contributed by atoms with Crippen LogP contribution in [0.15, 0.2) is 24.3 Å². The van der Waals surface area contributed by atoms with E-state index < -0.39 is 5.97 Å². The highest BCUT2D eigenvalue weighted by atomic mass is 16.4. The number of hydrogen-bond donors (Lipinski definition) is 1. The van der Waals surface area contributed by atoms with Gasteiger partial charge >= 0.3 is 5.97 Å². The van der Waals surface area contributed by atoms with Crippen LogP contribution in [0.3, 0.4) is 0 Å². The van der Waals surface area contributed by atoms with Crippen LogP contribution in [0, 0.1) is 29.6 Å². The molecule has 3 saturated carbocycles. The Morgan fingerprint density at radius 2 is 1.74 bits per heavy atom. The van der Waals surface area contributed by atoms with Gasteiger partial charge in [0.15, 0.2) is 0 Å². The molecule has 4 fully saturated rings. The molecule has 1 saturated heterocycles. The molecule has 1 heterocycles. The van der Waals surface area contributed by atoms with Gasteiger partial charge in [-0.3, -0.25) is 9.69 Å². The number of carboxylic acids is 1. The van der Waals surface area contributed by atoms with E-state index in [0.717, 1.165) is 50.0 Å². The number of fused-ring (bicyclic) bond motifs is 5. The number of benzene rings is 1. The molecule has 1 aromatic carbocycles. The summed E-state index contributed by atoms with van der Waals surface area (Å²) in [7, 11) is 0. The smallest absolute Gasteiger partial charge is 0.336 e. The summed E-state index contributed by atoms with van der Waals surface area (Å²) in [5.41, 5.74) is 1.24. The van der Waals surface area contributed by atoms with Crippen molar-refractivity contribution in [2.75, 3.05) is 26.2 Å². The highest BCUT2D eigenvalue weighted by molar-refractivity contribution is 5.89. The monoisotopic (exact) mass is 368 g/mol. The first-order chi connectivity index (χ1) is 13.1. The molecule has 1 unspecified atom stereocenters. The van der Waals surface area contributed by atoms with E-state index in [0.29, 0.717) is 35.8 Å². The minimum atomic E-state index is -0.868. The van der Waals surface area contributed by atoms with Gasteiger partial charge < -0.3 is 10.0 Å². The largest absolute Gasteiger partial charge is 0.478 e. The molecule has 3 aliphatic carbocycles. The topological polar surface area (TPSA) is 60.9 Å². The average Bonchev–Trinajstić information content (AvgIpc) is 3.21. The Balaban J connectivity index is 1.20. The minimum absolute atomic E-state index is 0.329. The van der Waals surface area contributed by atoms with E-state index in [1.165, 1.54) is 19.3 Å². The number of nitrogens with zero attached hydrogens (tertiary/aromatic N) is 2. The Morgan fingerprint density at radius 3 is 2.48 bits per heavy atom. The lowest BCUT2D eigenvalue weighted by molar-refractivity contribution is -0.133. The average molecular weight is 368 g/mol. The van der Waals surface area contributed by atoms with Crippen LogP contribution in [0.25, 0.3) is 0 Å². The number of aromatic carboxylic acids is 1. The van der Waals surface area contributed by atoms with Crippen LogP contribution in [-0.4, -0.2) is 53.0 Å². The predicted molar refractivity (Wildman–Crippen MR) is 101 cm³/mol. The molecule has 1 N–H and O–H groups in total. The Kier molecular flexibility index (Phi) is 4.23. The fourth-order valence-electron chi connectivity index (χ4n) is 6.32. The van der Waals surface area contributed by atoms with Gasteiger partial charge in [0.1, 0.15) is 0 Å². The summed E-state index contributed by atoms with van der Waals surface area (Å²) in [6.07, 6.45) is 5.06. The maximum atomic E-state index is 13.1. The second-order valence-electron chi connectivity index (χ2n) is 8.93. The maximum Gasteiger partial charge on any atom is 0.336 e. The molecule has 5 atom stereocenters. The molecule has 0 radical (unpaired) electrons. The number of carbonyl (C=O) groups is 2. The van der Waals surface area contributed by atoms with Gasteiger partial charge in [0.25, 0.3) is 0 Å². The predicted octanol–water partition coefficient (Wildman–Crippen LogP) is 2.71. The third kappa shape index (κ3) is 2.96. The molecule has 1 amide bonds. The van der Waals surface area contributed by atoms with Gasteiger partial charge in [-0.25, -0.2) is 4.79 Å². The van der Waals surface area contributed by atoms with Gasteiger partial charge in [0.05, 0.1) is 5.56 Å². The standard InChI is InChI=1S/C22H28N2O3/c25-21(20-18-14-6-7-15(12-14)19(18)20)24-9-3-8-23(10-11-24)13-16-4-1-2-5-17(16)22(26)27/h1-2,4-5,14-15,18-20H,3,6-13H2,(H,26,27)/t14-,15+,18+,19-,20?. The molecule has 4 aliphatic rings. The molecule has 5 heteroatoms. The molecule has 1 aliphatic heterocycles. The molecule has 5 rings (SSSR count). The van der Waals surface area contributed by atoms with E-state index in [9.17, 15) is 14.7 Å². The van der Waals surface area contributed by atoms with Gasteiger partial charge in [0, 0.05) is 38.6 Å². The van der Waals surface area contributed by atoms with Crippen LogP contribution >= 0.6 is 0 Å². The zero-order valence-corrected chi connectivity index (χ0v) is 15.7. The quantitative estimate of drug-likeness (QED) is 0.888. The number of rotatable bonds is 4. The van der Waals surface area contributed by atoms with Crippen molar-refractivity contribution in [3.8, 4) is 0 Å². The maximum absolute atomic E-state index is 13.1. The van der Waals surface area contributed by atoms with Crippen LogP contribution in [-0.2, 0) is 11.3 Å². The second kappa shape index (κ2) is 6.62. The summed E-state index contributed by atoms with van der Waals surface area (Å²) in [6.45, 7) is 4.01. The molecule has 0 aromatic heterocycles. The molecular formula is C22H28N2O3. The SMILES string of the molecule is O=C(O)c1ccccc1CN1CCCN(C(=O)C2[C@@H]3[C@H]4CC[C@H](C4)[C@H]23)CC1. The van der Waals surface area contributed by atoms with E-state index in [2.05, 4.69) is 9.80 Å². The number of hydrogen-bond acceptors (Lipinski definition) is 3. The van der Waals surface area contributed by atoms with Gasteiger partial charge in [0.2, 0.25) is 5.91 Å². The summed E-state index contributed by atoms with van der Waals surface area (Å²) in [5, 5.41) is 9.39. The Labute approximate surface area is 160 Å². The molecule has 1 aromatic rings. The molecule has 2 bridgehead atoms.